The van der Waals surface area contributed by atoms with E-state index in [4.69, 9.17) is 9.47 Å². The molecule has 98 valence electrons. The first-order valence-electron chi connectivity index (χ1n) is 7.08. The Kier molecular flexibility index (Phi) is 12.9. The van der Waals surface area contributed by atoms with Crippen LogP contribution in [0.4, 0.5) is 0 Å². The van der Waals surface area contributed by atoms with Gasteiger partial charge in [-0.3, -0.25) is 0 Å². The number of hydrogen-bond donors (Lipinski definition) is 0. The monoisotopic (exact) mass is 230 g/mol. The lowest BCUT2D eigenvalue weighted by Gasteiger charge is -2.17. The van der Waals surface area contributed by atoms with E-state index in [1.807, 2.05) is 0 Å². The quantitative estimate of drug-likeness (QED) is 0.362. The van der Waals surface area contributed by atoms with Gasteiger partial charge in [-0.25, -0.2) is 0 Å². The smallest absolute Gasteiger partial charge is 0.157 e. The molecule has 0 bridgehead atoms. The standard InChI is InChI=1S/C14H30O2/c1-4-7-9-12-15-14(11-6-3)16-13-10-8-5-2/h14H,4-13H2,1-3H3. The van der Waals surface area contributed by atoms with Crippen LogP contribution in [0.3, 0.4) is 0 Å². The summed E-state index contributed by atoms with van der Waals surface area (Å²) in [7, 11) is 0. The molecule has 0 unspecified atom stereocenters. The summed E-state index contributed by atoms with van der Waals surface area (Å²) in [6.45, 7) is 8.31. The van der Waals surface area contributed by atoms with Gasteiger partial charge in [0.05, 0.1) is 0 Å². The van der Waals surface area contributed by atoms with Crippen LogP contribution < -0.4 is 0 Å². The van der Waals surface area contributed by atoms with Gasteiger partial charge in [0.25, 0.3) is 0 Å². The third kappa shape index (κ3) is 10.4. The number of unbranched alkanes of at least 4 members (excludes halogenated alkanes) is 4. The molecule has 0 amide bonds. The molecule has 0 aromatic heterocycles. The van der Waals surface area contributed by atoms with E-state index in [2.05, 4.69) is 20.8 Å². The molecule has 0 radical (unpaired) electrons. The Labute approximate surface area is 102 Å². The normalized spacial score (nSPS) is 11.2. The lowest BCUT2D eigenvalue weighted by Crippen LogP contribution is -2.18. The van der Waals surface area contributed by atoms with Crippen LogP contribution in [-0.4, -0.2) is 19.5 Å². The fourth-order valence-corrected chi connectivity index (χ4v) is 1.58. The van der Waals surface area contributed by atoms with Crippen molar-refractivity contribution in [3.63, 3.8) is 0 Å². The Morgan fingerprint density at radius 1 is 0.688 bits per heavy atom. The molecule has 0 saturated carbocycles. The first kappa shape index (κ1) is 15.9. The Bertz CT molecular complexity index is 114. The van der Waals surface area contributed by atoms with Gasteiger partial charge in [0.15, 0.2) is 6.29 Å². The van der Waals surface area contributed by atoms with Crippen molar-refractivity contribution in [2.24, 2.45) is 0 Å². The molecular weight excluding hydrogens is 200 g/mol. The topological polar surface area (TPSA) is 18.5 Å². The SMILES string of the molecule is CCCCCOC(CCC)OCCCCC. The van der Waals surface area contributed by atoms with Gasteiger partial charge in [-0.15, -0.1) is 0 Å². The van der Waals surface area contributed by atoms with Gasteiger partial charge in [-0.05, 0) is 19.3 Å². The summed E-state index contributed by atoms with van der Waals surface area (Å²) in [4.78, 5) is 0. The average Bonchev–Trinajstić information content (AvgIpc) is 2.30. The highest BCUT2D eigenvalue weighted by atomic mass is 16.7. The van der Waals surface area contributed by atoms with Crippen LogP contribution >= 0.6 is 0 Å². The van der Waals surface area contributed by atoms with Gasteiger partial charge in [0.2, 0.25) is 0 Å². The summed E-state index contributed by atoms with van der Waals surface area (Å²) < 4.78 is 11.5. The van der Waals surface area contributed by atoms with Crippen LogP contribution in [0.5, 0.6) is 0 Å². The van der Waals surface area contributed by atoms with Crippen LogP contribution in [-0.2, 0) is 9.47 Å². The van der Waals surface area contributed by atoms with Crippen molar-refractivity contribution in [1.29, 1.82) is 0 Å². The zero-order chi connectivity index (χ0) is 12.1. The summed E-state index contributed by atoms with van der Waals surface area (Å²) in [6.07, 6.45) is 9.54. The van der Waals surface area contributed by atoms with Crippen molar-refractivity contribution in [2.75, 3.05) is 13.2 Å². The molecule has 0 atom stereocenters. The van der Waals surface area contributed by atoms with Crippen molar-refractivity contribution in [3.05, 3.63) is 0 Å². The van der Waals surface area contributed by atoms with Gasteiger partial charge in [0.1, 0.15) is 0 Å². The van der Waals surface area contributed by atoms with Gasteiger partial charge < -0.3 is 9.47 Å². The van der Waals surface area contributed by atoms with Gasteiger partial charge >= 0.3 is 0 Å². The second-order valence-corrected chi connectivity index (χ2v) is 4.37. The van der Waals surface area contributed by atoms with Crippen molar-refractivity contribution in [3.8, 4) is 0 Å². The molecule has 0 aliphatic carbocycles. The average molecular weight is 230 g/mol. The van der Waals surface area contributed by atoms with E-state index in [-0.39, 0.29) is 6.29 Å². The minimum Gasteiger partial charge on any atom is -0.353 e. The fourth-order valence-electron chi connectivity index (χ4n) is 1.58. The Morgan fingerprint density at radius 3 is 1.56 bits per heavy atom. The van der Waals surface area contributed by atoms with Crippen LogP contribution in [0.25, 0.3) is 0 Å². The van der Waals surface area contributed by atoms with E-state index in [1.54, 1.807) is 0 Å². The highest BCUT2D eigenvalue weighted by Gasteiger charge is 2.07. The summed E-state index contributed by atoms with van der Waals surface area (Å²) in [6, 6.07) is 0. The summed E-state index contributed by atoms with van der Waals surface area (Å²) >= 11 is 0. The predicted molar refractivity (Wildman–Crippen MR) is 69.7 cm³/mol. The van der Waals surface area contributed by atoms with Crippen molar-refractivity contribution in [2.45, 2.75) is 78.4 Å². The molecular formula is C14H30O2. The molecule has 0 heterocycles. The van der Waals surface area contributed by atoms with E-state index in [9.17, 15) is 0 Å². The molecule has 0 fully saturated rings. The van der Waals surface area contributed by atoms with Crippen molar-refractivity contribution < 1.29 is 9.47 Å². The fraction of sp³-hybridized carbons (Fsp3) is 1.00. The van der Waals surface area contributed by atoms with E-state index in [0.717, 1.165) is 38.9 Å². The summed E-state index contributed by atoms with van der Waals surface area (Å²) in [5.41, 5.74) is 0. The minimum absolute atomic E-state index is 0.0405. The molecule has 0 aromatic rings. The first-order valence-corrected chi connectivity index (χ1v) is 7.08. The van der Waals surface area contributed by atoms with E-state index < -0.39 is 0 Å². The third-order valence-electron chi connectivity index (χ3n) is 2.63. The Morgan fingerprint density at radius 2 is 1.19 bits per heavy atom. The van der Waals surface area contributed by atoms with Crippen molar-refractivity contribution in [1.82, 2.24) is 0 Å². The molecule has 0 aliphatic heterocycles. The lowest BCUT2D eigenvalue weighted by atomic mass is 10.2. The highest BCUT2D eigenvalue weighted by Crippen LogP contribution is 2.07. The summed E-state index contributed by atoms with van der Waals surface area (Å²) in [5.74, 6) is 0. The van der Waals surface area contributed by atoms with Gasteiger partial charge in [-0.1, -0.05) is 52.9 Å². The zero-order valence-electron chi connectivity index (χ0n) is 11.5. The first-order chi connectivity index (χ1) is 7.85. The molecule has 0 rings (SSSR count). The third-order valence-corrected chi connectivity index (χ3v) is 2.63. The lowest BCUT2D eigenvalue weighted by molar-refractivity contribution is -0.147. The number of rotatable bonds is 12. The van der Waals surface area contributed by atoms with E-state index >= 15 is 0 Å². The van der Waals surface area contributed by atoms with Crippen molar-refractivity contribution >= 4 is 0 Å². The summed E-state index contributed by atoms with van der Waals surface area (Å²) in [5, 5.41) is 0. The van der Waals surface area contributed by atoms with Gasteiger partial charge in [0, 0.05) is 13.2 Å². The number of hydrogen-bond acceptors (Lipinski definition) is 2. The Balaban J connectivity index is 3.45. The second kappa shape index (κ2) is 13.0. The molecule has 0 saturated heterocycles. The van der Waals surface area contributed by atoms with Crippen LogP contribution in [0.1, 0.15) is 72.1 Å². The second-order valence-electron chi connectivity index (χ2n) is 4.37. The van der Waals surface area contributed by atoms with Gasteiger partial charge in [-0.2, -0.15) is 0 Å². The molecule has 0 spiro atoms. The van der Waals surface area contributed by atoms with Crippen LogP contribution in [0.15, 0.2) is 0 Å². The molecule has 0 N–H and O–H groups in total. The molecule has 16 heavy (non-hydrogen) atoms. The van der Waals surface area contributed by atoms with Crippen LogP contribution in [0, 0.1) is 0 Å². The molecule has 0 aromatic carbocycles. The molecule has 2 nitrogen and oxygen atoms in total. The van der Waals surface area contributed by atoms with E-state index in [0.29, 0.717) is 0 Å². The maximum Gasteiger partial charge on any atom is 0.157 e. The van der Waals surface area contributed by atoms with Crippen LogP contribution in [0.2, 0.25) is 0 Å². The maximum absolute atomic E-state index is 5.74. The number of ether oxygens (including phenoxy) is 2. The predicted octanol–water partition coefficient (Wildman–Crippen LogP) is 4.53. The maximum atomic E-state index is 5.74. The largest absolute Gasteiger partial charge is 0.353 e. The minimum atomic E-state index is 0.0405. The Hall–Kier alpha value is -0.0800. The highest BCUT2D eigenvalue weighted by molar-refractivity contribution is 4.46. The molecule has 0 aliphatic rings. The molecule has 2 heteroatoms. The zero-order valence-corrected chi connectivity index (χ0v) is 11.5. The van der Waals surface area contributed by atoms with E-state index in [1.165, 1.54) is 25.7 Å².